The van der Waals surface area contributed by atoms with E-state index in [1.807, 2.05) is 18.2 Å². The quantitative estimate of drug-likeness (QED) is 0.670. The van der Waals surface area contributed by atoms with Gasteiger partial charge in [-0.3, -0.25) is 14.3 Å². The van der Waals surface area contributed by atoms with Crippen molar-refractivity contribution in [1.82, 2.24) is 15.1 Å². The average molecular weight is 432 g/mol. The molecule has 2 aromatic heterocycles. The van der Waals surface area contributed by atoms with Crippen molar-refractivity contribution in [3.8, 4) is 0 Å². The normalized spacial score (nSPS) is 15.0. The second kappa shape index (κ2) is 8.65. The number of ether oxygens (including phenoxy) is 1. The van der Waals surface area contributed by atoms with Crippen LogP contribution in [0.1, 0.15) is 33.8 Å². The highest BCUT2D eigenvalue weighted by Gasteiger charge is 2.20. The zero-order valence-electron chi connectivity index (χ0n) is 16.1. The van der Waals surface area contributed by atoms with Crippen molar-refractivity contribution in [3.63, 3.8) is 0 Å². The summed E-state index contributed by atoms with van der Waals surface area (Å²) in [5.74, 6) is 0.104. The molecule has 0 unspecified atom stereocenters. The minimum Gasteiger partial charge on any atom is -0.381 e. The molecule has 0 radical (unpaired) electrons. The molecule has 4 rings (SSSR count). The molecule has 1 N–H and O–H groups in total. The molecule has 3 heterocycles. The number of nitrogens with one attached hydrogen (secondary N) is 1. The maximum Gasteiger partial charge on any atom is 0.276 e. The van der Waals surface area contributed by atoms with Gasteiger partial charge in [-0.1, -0.05) is 23.7 Å². The molecule has 152 valence electrons. The number of aryl methyl sites for hydroxylation is 1. The molecule has 3 aromatic rings. The molecule has 8 heteroatoms. The summed E-state index contributed by atoms with van der Waals surface area (Å²) >= 11 is 7.46. The van der Waals surface area contributed by atoms with Crippen molar-refractivity contribution >= 4 is 39.1 Å². The Labute approximate surface area is 177 Å². The Morgan fingerprint density at radius 3 is 2.76 bits per heavy atom. The number of benzene rings is 1. The van der Waals surface area contributed by atoms with Gasteiger partial charge in [0.2, 0.25) is 5.43 Å². The summed E-state index contributed by atoms with van der Waals surface area (Å²) in [7, 11) is 1.77. The largest absolute Gasteiger partial charge is 0.381 e. The minimum atomic E-state index is -0.473. The smallest absolute Gasteiger partial charge is 0.276 e. The number of aromatic nitrogens is 2. The first-order valence-electron chi connectivity index (χ1n) is 9.61. The summed E-state index contributed by atoms with van der Waals surface area (Å²) < 4.78 is 7.06. The lowest BCUT2D eigenvalue weighted by molar-refractivity contribution is 0.0667. The SMILES string of the molecule is Cn1nc(C(=O)NCc2ccc(Cl)cc2)c(=O)c2cc(CC3CCOCC3)sc21. The number of hydrogen-bond donors (Lipinski definition) is 1. The lowest BCUT2D eigenvalue weighted by atomic mass is 9.96. The van der Waals surface area contributed by atoms with Gasteiger partial charge in [0.1, 0.15) is 4.83 Å². The fourth-order valence-corrected chi connectivity index (χ4v) is 4.86. The maximum atomic E-state index is 12.9. The zero-order valence-corrected chi connectivity index (χ0v) is 17.7. The molecule has 1 aliphatic heterocycles. The fraction of sp³-hybridized carbons (Fsp3) is 0.381. The van der Waals surface area contributed by atoms with E-state index in [1.54, 1.807) is 35.2 Å². The molecule has 1 amide bonds. The van der Waals surface area contributed by atoms with E-state index in [0.29, 0.717) is 22.9 Å². The van der Waals surface area contributed by atoms with Gasteiger partial charge in [0.05, 0.1) is 5.39 Å². The van der Waals surface area contributed by atoms with E-state index in [2.05, 4.69) is 10.4 Å². The highest BCUT2D eigenvalue weighted by Crippen LogP contribution is 2.28. The lowest BCUT2D eigenvalue weighted by Gasteiger charge is -2.21. The molecule has 1 aliphatic rings. The number of amides is 1. The van der Waals surface area contributed by atoms with Gasteiger partial charge in [-0.25, -0.2) is 0 Å². The number of hydrogen-bond acceptors (Lipinski definition) is 5. The predicted octanol–water partition coefficient (Wildman–Crippen LogP) is 3.55. The summed E-state index contributed by atoms with van der Waals surface area (Å²) in [4.78, 5) is 27.5. The summed E-state index contributed by atoms with van der Waals surface area (Å²) in [6.45, 7) is 1.91. The van der Waals surface area contributed by atoms with Crippen molar-refractivity contribution in [2.45, 2.75) is 25.8 Å². The predicted molar refractivity (Wildman–Crippen MR) is 115 cm³/mol. The molecule has 1 fully saturated rings. The van der Waals surface area contributed by atoms with Gasteiger partial charge in [0.15, 0.2) is 5.69 Å². The molecule has 1 aromatic carbocycles. The molecular formula is C21H22ClN3O3S. The molecule has 0 atom stereocenters. The first-order valence-corrected chi connectivity index (χ1v) is 10.8. The zero-order chi connectivity index (χ0) is 20.4. The van der Waals surface area contributed by atoms with Gasteiger partial charge >= 0.3 is 0 Å². The standard InChI is InChI=1S/C21H22ClN3O3S/c1-25-21-17(11-16(29-21)10-13-6-8-28-9-7-13)19(26)18(24-25)20(27)23-12-14-2-4-15(22)5-3-14/h2-5,11,13H,6-10,12H2,1H3,(H,23,27). The van der Waals surface area contributed by atoms with Crippen LogP contribution in [0.15, 0.2) is 35.1 Å². The second-order valence-corrected chi connectivity index (χ2v) is 8.85. The molecule has 29 heavy (non-hydrogen) atoms. The number of nitrogens with zero attached hydrogens (tertiary/aromatic N) is 2. The van der Waals surface area contributed by atoms with Gasteiger partial charge in [0, 0.05) is 36.7 Å². The van der Waals surface area contributed by atoms with Crippen molar-refractivity contribution in [2.24, 2.45) is 13.0 Å². The number of halogens is 1. The van der Waals surface area contributed by atoms with Gasteiger partial charge < -0.3 is 10.1 Å². The van der Waals surface area contributed by atoms with E-state index >= 15 is 0 Å². The molecule has 1 saturated heterocycles. The third-order valence-corrected chi connectivity index (χ3v) is 6.66. The molecule has 6 nitrogen and oxygen atoms in total. The third kappa shape index (κ3) is 4.52. The molecule has 0 spiro atoms. The van der Waals surface area contributed by atoms with E-state index in [-0.39, 0.29) is 11.1 Å². The van der Waals surface area contributed by atoms with Crippen molar-refractivity contribution in [3.05, 3.63) is 61.7 Å². The first-order chi connectivity index (χ1) is 14.0. The minimum absolute atomic E-state index is 0.0793. The molecule has 0 saturated carbocycles. The van der Waals surface area contributed by atoms with Crippen molar-refractivity contribution in [1.29, 1.82) is 0 Å². The van der Waals surface area contributed by atoms with E-state index < -0.39 is 5.91 Å². The first kappa shape index (κ1) is 20.1. The topological polar surface area (TPSA) is 73.2 Å². The number of fused-ring (bicyclic) bond motifs is 1. The molecular weight excluding hydrogens is 410 g/mol. The van der Waals surface area contributed by atoms with Crippen molar-refractivity contribution in [2.75, 3.05) is 13.2 Å². The number of rotatable bonds is 5. The Balaban J connectivity index is 1.54. The monoisotopic (exact) mass is 431 g/mol. The summed E-state index contributed by atoms with van der Waals surface area (Å²) in [6, 6.07) is 9.11. The van der Waals surface area contributed by atoms with Crippen LogP contribution < -0.4 is 10.7 Å². The van der Waals surface area contributed by atoms with E-state index in [9.17, 15) is 9.59 Å². The highest BCUT2D eigenvalue weighted by atomic mass is 35.5. The third-order valence-electron chi connectivity index (χ3n) is 5.18. The van der Waals surface area contributed by atoms with E-state index in [0.717, 1.165) is 47.7 Å². The van der Waals surface area contributed by atoms with Crippen LogP contribution in [0.5, 0.6) is 0 Å². The van der Waals surface area contributed by atoms with Crippen LogP contribution in [-0.4, -0.2) is 28.9 Å². The van der Waals surface area contributed by atoms with Gasteiger partial charge in [-0.15, -0.1) is 11.3 Å². The van der Waals surface area contributed by atoms with Crippen LogP contribution in [0, 0.1) is 5.92 Å². The second-order valence-electron chi connectivity index (χ2n) is 7.30. The van der Waals surface area contributed by atoms with Crippen LogP contribution in [0.4, 0.5) is 0 Å². The Morgan fingerprint density at radius 1 is 1.31 bits per heavy atom. The van der Waals surface area contributed by atoms with Crippen LogP contribution >= 0.6 is 22.9 Å². The van der Waals surface area contributed by atoms with Crippen LogP contribution in [0.2, 0.25) is 5.02 Å². The van der Waals surface area contributed by atoms with Crippen LogP contribution in [-0.2, 0) is 24.8 Å². The van der Waals surface area contributed by atoms with Crippen LogP contribution in [0.3, 0.4) is 0 Å². The number of carbonyl (C=O) groups is 1. The van der Waals surface area contributed by atoms with Crippen molar-refractivity contribution < 1.29 is 9.53 Å². The molecule has 0 aliphatic carbocycles. The van der Waals surface area contributed by atoms with Gasteiger partial charge in [-0.2, -0.15) is 5.10 Å². The lowest BCUT2D eigenvalue weighted by Crippen LogP contribution is -2.31. The number of carbonyl (C=O) groups excluding carboxylic acids is 1. The highest BCUT2D eigenvalue weighted by molar-refractivity contribution is 7.18. The average Bonchev–Trinajstić information content (AvgIpc) is 3.15. The van der Waals surface area contributed by atoms with Crippen LogP contribution in [0.25, 0.3) is 10.2 Å². The van der Waals surface area contributed by atoms with Gasteiger partial charge in [-0.05, 0) is 48.9 Å². The molecule has 0 bridgehead atoms. The Kier molecular flexibility index (Phi) is 5.99. The van der Waals surface area contributed by atoms with Gasteiger partial charge in [0.25, 0.3) is 5.91 Å². The summed E-state index contributed by atoms with van der Waals surface area (Å²) in [5.41, 5.74) is 0.500. The Bertz CT molecular complexity index is 1080. The number of thiophene rings is 1. The summed E-state index contributed by atoms with van der Waals surface area (Å²) in [5, 5.41) is 8.22. The van der Waals surface area contributed by atoms with E-state index in [1.165, 1.54) is 0 Å². The van der Waals surface area contributed by atoms with E-state index in [4.69, 9.17) is 16.3 Å². The maximum absolute atomic E-state index is 12.9. The summed E-state index contributed by atoms with van der Waals surface area (Å²) in [6.07, 6.45) is 3.02. The Morgan fingerprint density at radius 2 is 2.03 bits per heavy atom. The fourth-order valence-electron chi connectivity index (χ4n) is 3.56. The Hall–Kier alpha value is -2.22.